The first-order valence-corrected chi connectivity index (χ1v) is 8.49. The number of amides is 1. The number of para-hydroxylation sites is 2. The lowest BCUT2D eigenvalue weighted by Gasteiger charge is -2.20. The third-order valence-electron chi connectivity index (χ3n) is 3.49. The SMILES string of the molecule is CCN(C)c1ccccc1NC(=O)CSc1ccc(OC)cc1. The van der Waals surface area contributed by atoms with Gasteiger partial charge in [0.2, 0.25) is 5.91 Å². The molecule has 0 aliphatic rings. The lowest BCUT2D eigenvalue weighted by atomic mass is 10.2. The molecule has 2 aromatic rings. The van der Waals surface area contributed by atoms with Crippen LogP contribution in [0.1, 0.15) is 6.92 Å². The third kappa shape index (κ3) is 4.93. The molecule has 0 bridgehead atoms. The molecule has 23 heavy (non-hydrogen) atoms. The van der Waals surface area contributed by atoms with E-state index in [-0.39, 0.29) is 5.91 Å². The summed E-state index contributed by atoms with van der Waals surface area (Å²) >= 11 is 1.51. The first-order chi connectivity index (χ1) is 11.1. The van der Waals surface area contributed by atoms with Gasteiger partial charge in [-0.2, -0.15) is 0 Å². The van der Waals surface area contributed by atoms with E-state index >= 15 is 0 Å². The number of carbonyl (C=O) groups excluding carboxylic acids is 1. The Morgan fingerprint density at radius 1 is 1.17 bits per heavy atom. The van der Waals surface area contributed by atoms with Crippen LogP contribution >= 0.6 is 11.8 Å². The molecule has 0 aliphatic carbocycles. The van der Waals surface area contributed by atoms with Gasteiger partial charge in [0.25, 0.3) is 0 Å². The Bertz CT molecular complexity index is 644. The molecule has 0 radical (unpaired) electrons. The number of nitrogens with one attached hydrogen (secondary N) is 1. The van der Waals surface area contributed by atoms with Crippen LogP contribution in [0.3, 0.4) is 0 Å². The minimum Gasteiger partial charge on any atom is -0.497 e. The standard InChI is InChI=1S/C18H22N2O2S/c1-4-20(2)17-8-6-5-7-16(17)19-18(21)13-23-15-11-9-14(22-3)10-12-15/h5-12H,4,13H2,1-3H3,(H,19,21). The van der Waals surface area contributed by atoms with Crippen LogP contribution in [-0.2, 0) is 4.79 Å². The van der Waals surface area contributed by atoms with Crippen molar-refractivity contribution in [2.24, 2.45) is 0 Å². The molecule has 0 spiro atoms. The second kappa shape index (κ2) is 8.48. The summed E-state index contributed by atoms with van der Waals surface area (Å²) in [5.41, 5.74) is 1.87. The average molecular weight is 330 g/mol. The number of ether oxygens (including phenoxy) is 1. The van der Waals surface area contributed by atoms with Gasteiger partial charge in [0.05, 0.1) is 24.2 Å². The molecule has 0 aliphatic heterocycles. The number of methoxy groups -OCH3 is 1. The molecule has 5 heteroatoms. The van der Waals surface area contributed by atoms with E-state index in [0.29, 0.717) is 5.75 Å². The third-order valence-corrected chi connectivity index (χ3v) is 4.51. The van der Waals surface area contributed by atoms with Gasteiger partial charge in [0.1, 0.15) is 5.75 Å². The van der Waals surface area contributed by atoms with Crippen LogP contribution in [0.4, 0.5) is 11.4 Å². The summed E-state index contributed by atoms with van der Waals surface area (Å²) in [6, 6.07) is 15.5. The van der Waals surface area contributed by atoms with Crippen LogP contribution in [0.2, 0.25) is 0 Å². The zero-order valence-electron chi connectivity index (χ0n) is 13.7. The van der Waals surface area contributed by atoms with Crippen molar-refractivity contribution in [2.45, 2.75) is 11.8 Å². The maximum absolute atomic E-state index is 12.2. The van der Waals surface area contributed by atoms with Crippen molar-refractivity contribution in [1.82, 2.24) is 0 Å². The molecule has 0 aromatic heterocycles. The predicted octanol–water partition coefficient (Wildman–Crippen LogP) is 3.88. The van der Waals surface area contributed by atoms with Crippen molar-refractivity contribution in [3.63, 3.8) is 0 Å². The van der Waals surface area contributed by atoms with Gasteiger partial charge in [-0.3, -0.25) is 4.79 Å². The summed E-state index contributed by atoms with van der Waals surface area (Å²) in [7, 11) is 3.65. The van der Waals surface area contributed by atoms with Gasteiger partial charge in [-0.15, -0.1) is 11.8 Å². The second-order valence-electron chi connectivity index (χ2n) is 5.04. The van der Waals surface area contributed by atoms with E-state index in [1.165, 1.54) is 11.8 Å². The lowest BCUT2D eigenvalue weighted by molar-refractivity contribution is -0.113. The van der Waals surface area contributed by atoms with Gasteiger partial charge >= 0.3 is 0 Å². The van der Waals surface area contributed by atoms with Crippen LogP contribution in [-0.4, -0.2) is 32.4 Å². The minimum absolute atomic E-state index is 0.0113. The number of hydrogen-bond acceptors (Lipinski definition) is 4. The van der Waals surface area contributed by atoms with Crippen LogP contribution in [0.15, 0.2) is 53.4 Å². The quantitative estimate of drug-likeness (QED) is 0.782. The highest BCUT2D eigenvalue weighted by Crippen LogP contribution is 2.25. The molecule has 0 unspecified atom stereocenters. The van der Waals surface area contributed by atoms with E-state index in [0.717, 1.165) is 28.6 Å². The molecule has 122 valence electrons. The molecule has 2 aromatic carbocycles. The fraction of sp³-hybridized carbons (Fsp3) is 0.278. The Kier molecular flexibility index (Phi) is 6.35. The van der Waals surface area contributed by atoms with Gasteiger partial charge in [0, 0.05) is 18.5 Å². The predicted molar refractivity (Wildman–Crippen MR) is 97.7 cm³/mol. The monoisotopic (exact) mass is 330 g/mol. The number of benzene rings is 2. The van der Waals surface area contributed by atoms with Crippen LogP contribution in [0.25, 0.3) is 0 Å². The Morgan fingerprint density at radius 2 is 1.87 bits per heavy atom. The van der Waals surface area contributed by atoms with Crippen molar-refractivity contribution in [3.8, 4) is 5.75 Å². The summed E-state index contributed by atoms with van der Waals surface area (Å²) in [5.74, 6) is 1.18. The smallest absolute Gasteiger partial charge is 0.234 e. The largest absolute Gasteiger partial charge is 0.497 e. The zero-order valence-corrected chi connectivity index (χ0v) is 14.5. The molecule has 0 saturated heterocycles. The first-order valence-electron chi connectivity index (χ1n) is 7.51. The zero-order chi connectivity index (χ0) is 16.7. The van der Waals surface area contributed by atoms with Crippen molar-refractivity contribution in [1.29, 1.82) is 0 Å². The van der Waals surface area contributed by atoms with Gasteiger partial charge in [0.15, 0.2) is 0 Å². The fourth-order valence-corrected chi connectivity index (χ4v) is 2.79. The number of thioether (sulfide) groups is 1. The van der Waals surface area contributed by atoms with Crippen LogP contribution in [0.5, 0.6) is 5.75 Å². The molecular weight excluding hydrogens is 308 g/mol. The minimum atomic E-state index is -0.0113. The Labute approximate surface area is 141 Å². The number of carbonyl (C=O) groups is 1. The normalized spacial score (nSPS) is 10.2. The van der Waals surface area contributed by atoms with Crippen LogP contribution in [0, 0.1) is 0 Å². The van der Waals surface area contributed by atoms with Gasteiger partial charge in [-0.1, -0.05) is 12.1 Å². The highest BCUT2D eigenvalue weighted by molar-refractivity contribution is 8.00. The average Bonchev–Trinajstić information content (AvgIpc) is 2.60. The highest BCUT2D eigenvalue weighted by atomic mass is 32.2. The van der Waals surface area contributed by atoms with Gasteiger partial charge < -0.3 is 15.0 Å². The van der Waals surface area contributed by atoms with Gasteiger partial charge in [-0.05, 0) is 43.3 Å². The second-order valence-corrected chi connectivity index (χ2v) is 6.09. The maximum atomic E-state index is 12.2. The number of hydrogen-bond donors (Lipinski definition) is 1. The molecule has 4 nitrogen and oxygen atoms in total. The summed E-state index contributed by atoms with van der Waals surface area (Å²) in [6.07, 6.45) is 0. The number of anilines is 2. The molecule has 1 amide bonds. The highest BCUT2D eigenvalue weighted by Gasteiger charge is 2.09. The van der Waals surface area contributed by atoms with E-state index in [2.05, 4.69) is 17.1 Å². The van der Waals surface area contributed by atoms with E-state index in [9.17, 15) is 4.79 Å². The van der Waals surface area contributed by atoms with Gasteiger partial charge in [-0.25, -0.2) is 0 Å². The molecular formula is C18H22N2O2S. The lowest BCUT2D eigenvalue weighted by Crippen LogP contribution is -2.20. The van der Waals surface area contributed by atoms with E-state index in [4.69, 9.17) is 4.74 Å². The topological polar surface area (TPSA) is 41.6 Å². The van der Waals surface area contributed by atoms with Crippen molar-refractivity contribution in [3.05, 3.63) is 48.5 Å². The van der Waals surface area contributed by atoms with E-state index in [1.54, 1.807) is 7.11 Å². The maximum Gasteiger partial charge on any atom is 0.234 e. The Balaban J connectivity index is 1.94. The Morgan fingerprint density at radius 3 is 2.52 bits per heavy atom. The van der Waals surface area contributed by atoms with E-state index < -0.39 is 0 Å². The summed E-state index contributed by atoms with van der Waals surface area (Å²) in [5, 5.41) is 2.99. The van der Waals surface area contributed by atoms with E-state index in [1.807, 2.05) is 55.6 Å². The summed E-state index contributed by atoms with van der Waals surface area (Å²) < 4.78 is 5.13. The molecule has 0 atom stereocenters. The summed E-state index contributed by atoms with van der Waals surface area (Å²) in [6.45, 7) is 2.96. The first kappa shape index (κ1) is 17.2. The molecule has 2 rings (SSSR count). The molecule has 1 N–H and O–H groups in total. The van der Waals surface area contributed by atoms with Crippen molar-refractivity contribution < 1.29 is 9.53 Å². The summed E-state index contributed by atoms with van der Waals surface area (Å²) in [4.78, 5) is 15.3. The van der Waals surface area contributed by atoms with Crippen molar-refractivity contribution in [2.75, 3.05) is 36.7 Å². The molecule has 0 saturated carbocycles. The number of nitrogens with zero attached hydrogens (tertiary/aromatic N) is 1. The van der Waals surface area contributed by atoms with Crippen LogP contribution < -0.4 is 15.0 Å². The fourth-order valence-electron chi connectivity index (χ4n) is 2.09. The molecule has 0 fully saturated rings. The molecule has 0 heterocycles. The van der Waals surface area contributed by atoms with Crippen molar-refractivity contribution >= 4 is 29.0 Å². The Hall–Kier alpha value is -2.14. The number of rotatable bonds is 7.